The Kier molecular flexibility index (Phi) is 7.32. The molecule has 0 aromatic heterocycles. The Morgan fingerprint density at radius 3 is 2.31 bits per heavy atom. The van der Waals surface area contributed by atoms with Crippen LogP contribution >= 0.6 is 0 Å². The highest BCUT2D eigenvalue weighted by Gasteiger charge is 2.64. The topological polar surface area (TPSA) is 74.2 Å². The molecule has 2 rings (SSSR count). The second-order valence-corrected chi connectivity index (χ2v) is 7.51. The zero-order valence-corrected chi connectivity index (χ0v) is 16.8. The van der Waals surface area contributed by atoms with Crippen LogP contribution in [0, 0.1) is 0 Å². The maximum atomic E-state index is 13.8. The Bertz CT molecular complexity index is 671. The minimum Gasteiger partial charge on any atom is -0.460 e. The fourth-order valence-corrected chi connectivity index (χ4v) is 3.27. The van der Waals surface area contributed by atoms with E-state index in [4.69, 9.17) is 14.2 Å². The van der Waals surface area contributed by atoms with E-state index in [2.05, 4.69) is 4.74 Å². The van der Waals surface area contributed by atoms with E-state index in [1.54, 1.807) is 6.92 Å². The monoisotopic (exact) mass is 420 g/mol. The molecule has 2 atom stereocenters. The Morgan fingerprint density at radius 2 is 1.79 bits per heavy atom. The number of carbonyl (C=O) groups excluding carboxylic acids is 1. The first-order chi connectivity index (χ1) is 13.5. The van der Waals surface area contributed by atoms with Crippen LogP contribution in [0.1, 0.15) is 38.7 Å². The summed E-state index contributed by atoms with van der Waals surface area (Å²) in [7, 11) is 0.794. The predicted molar refractivity (Wildman–Crippen MR) is 96.9 cm³/mol. The van der Waals surface area contributed by atoms with Crippen LogP contribution in [0.15, 0.2) is 30.3 Å². The highest BCUT2D eigenvalue weighted by Crippen LogP contribution is 2.43. The van der Waals surface area contributed by atoms with Gasteiger partial charge in [-0.3, -0.25) is 0 Å². The summed E-state index contributed by atoms with van der Waals surface area (Å²) in [5.41, 5.74) is -5.20. The van der Waals surface area contributed by atoms with Gasteiger partial charge in [-0.2, -0.15) is 13.2 Å². The third kappa shape index (κ3) is 5.48. The van der Waals surface area contributed by atoms with E-state index in [-0.39, 0.29) is 6.42 Å². The molecule has 29 heavy (non-hydrogen) atoms. The van der Waals surface area contributed by atoms with E-state index >= 15 is 0 Å². The average Bonchev–Trinajstić information content (AvgIpc) is 3.07. The van der Waals surface area contributed by atoms with E-state index in [1.807, 2.05) is 0 Å². The lowest BCUT2D eigenvalue weighted by molar-refractivity contribution is -0.278. The van der Waals surface area contributed by atoms with Gasteiger partial charge in [-0.05, 0) is 26.7 Å². The fourth-order valence-electron chi connectivity index (χ4n) is 3.27. The van der Waals surface area contributed by atoms with Gasteiger partial charge in [-0.15, -0.1) is 0 Å². The van der Waals surface area contributed by atoms with Crippen molar-refractivity contribution in [2.75, 3.05) is 26.9 Å². The summed E-state index contributed by atoms with van der Waals surface area (Å²) in [6.07, 6.45) is -3.92. The average molecular weight is 420 g/mol. The van der Waals surface area contributed by atoms with Gasteiger partial charge in [0.2, 0.25) is 0 Å². The van der Waals surface area contributed by atoms with Gasteiger partial charge in [0.15, 0.2) is 5.79 Å². The van der Waals surface area contributed by atoms with Gasteiger partial charge in [0, 0.05) is 19.1 Å². The third-order valence-electron chi connectivity index (χ3n) is 4.93. The highest BCUT2D eigenvalue weighted by molar-refractivity contribution is 5.82. The molecule has 1 N–H and O–H groups in total. The maximum absolute atomic E-state index is 13.8. The number of esters is 1. The summed E-state index contributed by atoms with van der Waals surface area (Å²) in [6, 6.07) is 6.53. The first-order valence-corrected chi connectivity index (χ1v) is 9.31. The van der Waals surface area contributed by atoms with Gasteiger partial charge in [-0.1, -0.05) is 30.3 Å². The second kappa shape index (κ2) is 8.99. The van der Waals surface area contributed by atoms with Crippen LogP contribution in [0.5, 0.6) is 0 Å². The van der Waals surface area contributed by atoms with Crippen molar-refractivity contribution in [3.05, 3.63) is 35.9 Å². The van der Waals surface area contributed by atoms with Crippen molar-refractivity contribution in [1.82, 2.24) is 0 Å². The van der Waals surface area contributed by atoms with Crippen molar-refractivity contribution < 1.29 is 42.0 Å². The molecule has 1 aliphatic heterocycles. The van der Waals surface area contributed by atoms with E-state index in [0.29, 0.717) is 26.1 Å². The van der Waals surface area contributed by atoms with E-state index in [9.17, 15) is 23.1 Å². The van der Waals surface area contributed by atoms with Crippen LogP contribution in [0.2, 0.25) is 0 Å². The number of methoxy groups -OCH3 is 1. The normalized spacial score (nSPS) is 20.7. The molecular weight excluding hydrogens is 393 g/mol. The molecular formula is C20H27F3O6. The standard InChI is InChI=1S/C20H27F3O6/c1-17(25,10-7-11-18(2)28-12-13-29-18)14-27-16(24)19(26-3,20(21,22)23)15-8-5-4-6-9-15/h4-6,8-9,25H,7,10-14H2,1-3H3/t17-,19+/m1/s1. The number of alkyl halides is 3. The summed E-state index contributed by atoms with van der Waals surface area (Å²) in [5, 5.41) is 10.5. The zero-order chi connectivity index (χ0) is 21.8. The molecule has 0 saturated carbocycles. The second-order valence-electron chi connectivity index (χ2n) is 7.51. The van der Waals surface area contributed by atoms with Crippen LogP contribution in [-0.2, 0) is 29.3 Å². The summed E-state index contributed by atoms with van der Waals surface area (Å²) in [6.45, 7) is 3.54. The molecule has 1 aliphatic rings. The van der Waals surface area contributed by atoms with Gasteiger partial charge >= 0.3 is 12.1 Å². The number of carbonyl (C=O) groups is 1. The van der Waals surface area contributed by atoms with Crippen LogP contribution < -0.4 is 0 Å². The molecule has 0 radical (unpaired) electrons. The van der Waals surface area contributed by atoms with Crippen LogP contribution in [0.3, 0.4) is 0 Å². The van der Waals surface area contributed by atoms with Gasteiger partial charge < -0.3 is 24.1 Å². The van der Waals surface area contributed by atoms with Crippen molar-refractivity contribution in [3.63, 3.8) is 0 Å². The summed E-state index contributed by atoms with van der Waals surface area (Å²) in [4.78, 5) is 12.5. The zero-order valence-electron chi connectivity index (χ0n) is 16.8. The first kappa shape index (κ1) is 23.6. The lowest BCUT2D eigenvalue weighted by atomic mass is 9.92. The van der Waals surface area contributed by atoms with Crippen LogP contribution in [0.25, 0.3) is 0 Å². The van der Waals surface area contributed by atoms with Gasteiger partial charge in [-0.25, -0.2) is 4.79 Å². The quantitative estimate of drug-likeness (QED) is 0.618. The number of rotatable bonds is 9. The number of hydrogen-bond donors (Lipinski definition) is 1. The molecule has 0 aliphatic carbocycles. The van der Waals surface area contributed by atoms with Crippen LogP contribution in [-0.4, -0.2) is 55.6 Å². The lowest BCUT2D eigenvalue weighted by Gasteiger charge is -2.33. The number of ether oxygens (including phenoxy) is 4. The van der Waals surface area contributed by atoms with E-state index in [0.717, 1.165) is 19.2 Å². The highest BCUT2D eigenvalue weighted by atomic mass is 19.4. The molecule has 0 bridgehead atoms. The molecule has 6 nitrogen and oxygen atoms in total. The van der Waals surface area contributed by atoms with Gasteiger partial charge in [0.25, 0.3) is 5.60 Å². The summed E-state index contributed by atoms with van der Waals surface area (Å²) < 4.78 is 62.0. The smallest absolute Gasteiger partial charge is 0.432 e. The first-order valence-electron chi connectivity index (χ1n) is 9.31. The van der Waals surface area contributed by atoms with Crippen molar-refractivity contribution >= 4 is 5.97 Å². The Balaban J connectivity index is 2.03. The number of halogens is 3. The molecule has 1 aromatic rings. The van der Waals surface area contributed by atoms with Crippen molar-refractivity contribution in [1.29, 1.82) is 0 Å². The summed E-state index contributed by atoms with van der Waals surface area (Å²) in [5.74, 6) is -2.37. The minimum atomic E-state index is -5.06. The van der Waals surface area contributed by atoms with Crippen molar-refractivity contribution in [2.45, 2.75) is 56.3 Å². The van der Waals surface area contributed by atoms with Crippen molar-refractivity contribution in [3.8, 4) is 0 Å². The Labute approximate surface area is 167 Å². The Morgan fingerprint density at radius 1 is 1.21 bits per heavy atom. The van der Waals surface area contributed by atoms with E-state index in [1.165, 1.54) is 25.1 Å². The van der Waals surface area contributed by atoms with Gasteiger partial charge in [0.05, 0.1) is 18.8 Å². The number of benzene rings is 1. The number of hydrogen-bond acceptors (Lipinski definition) is 6. The molecule has 1 fully saturated rings. The largest absolute Gasteiger partial charge is 0.460 e. The minimum absolute atomic E-state index is 0.180. The van der Waals surface area contributed by atoms with Gasteiger partial charge in [0.1, 0.15) is 6.61 Å². The number of aliphatic hydroxyl groups is 1. The van der Waals surface area contributed by atoms with E-state index < -0.39 is 41.3 Å². The SMILES string of the molecule is CO[C@](C(=O)OC[C@](C)(O)CCCC1(C)OCCO1)(c1ccccc1)C(F)(F)F. The molecule has 1 heterocycles. The molecule has 164 valence electrons. The maximum Gasteiger partial charge on any atom is 0.432 e. The molecule has 9 heteroatoms. The van der Waals surface area contributed by atoms with Crippen LogP contribution in [0.4, 0.5) is 13.2 Å². The molecule has 1 aromatic carbocycles. The Hall–Kier alpha value is -1.68. The molecule has 1 saturated heterocycles. The van der Waals surface area contributed by atoms with Crippen molar-refractivity contribution in [2.24, 2.45) is 0 Å². The summed E-state index contributed by atoms with van der Waals surface area (Å²) >= 11 is 0. The predicted octanol–water partition coefficient (Wildman–Crippen LogP) is 3.32. The molecule has 0 unspecified atom stereocenters. The lowest BCUT2D eigenvalue weighted by Crippen LogP contribution is -2.52. The fraction of sp³-hybridized carbons (Fsp3) is 0.650. The molecule has 0 spiro atoms. The third-order valence-corrected chi connectivity index (χ3v) is 4.93. The molecule has 0 amide bonds.